The first-order valence-corrected chi connectivity index (χ1v) is 12.0. The van der Waals surface area contributed by atoms with Crippen LogP contribution in [0, 0.1) is 5.82 Å². The second-order valence-corrected chi connectivity index (χ2v) is 9.35. The van der Waals surface area contributed by atoms with Crippen LogP contribution in [-0.2, 0) is 19.4 Å². The summed E-state index contributed by atoms with van der Waals surface area (Å²) < 4.78 is 20.4. The first-order chi connectivity index (χ1) is 15.6. The number of hydrogen-bond donors (Lipinski definition) is 2. The molecule has 3 aromatic rings. The minimum Gasteiger partial charge on any atom is -0.494 e. The summed E-state index contributed by atoms with van der Waals surface area (Å²) in [6, 6.07) is 4.66. The Labute approximate surface area is 187 Å². The number of benzene rings is 1. The van der Waals surface area contributed by atoms with Crippen LogP contribution >= 0.6 is 0 Å². The Morgan fingerprint density at radius 3 is 2.38 bits per heavy atom. The predicted molar refractivity (Wildman–Crippen MR) is 121 cm³/mol. The fraction of sp³-hybridized carbons (Fsp3) is 0.560. The maximum absolute atomic E-state index is 13.4. The number of aromatic nitrogens is 2. The van der Waals surface area contributed by atoms with Crippen LogP contribution in [0.25, 0.3) is 11.0 Å². The molecule has 2 N–H and O–H groups in total. The number of fused-ring (bicyclic) bond motifs is 2. The van der Waals surface area contributed by atoms with Gasteiger partial charge < -0.3 is 19.6 Å². The summed E-state index contributed by atoms with van der Waals surface area (Å²) >= 11 is 0. The van der Waals surface area contributed by atoms with Gasteiger partial charge in [0.15, 0.2) is 17.3 Å². The van der Waals surface area contributed by atoms with Gasteiger partial charge >= 0.3 is 0 Å². The van der Waals surface area contributed by atoms with Gasteiger partial charge in [0.25, 0.3) is 0 Å². The van der Waals surface area contributed by atoms with Crippen LogP contribution in [0.2, 0.25) is 0 Å². The normalized spacial score (nSPS) is 17.8. The highest BCUT2D eigenvalue weighted by Gasteiger charge is 2.26. The maximum Gasteiger partial charge on any atom is 0.197 e. The molecule has 1 fully saturated rings. The molecule has 1 aliphatic heterocycles. The molecule has 0 spiro atoms. The van der Waals surface area contributed by atoms with Crippen molar-refractivity contribution in [3.63, 3.8) is 0 Å². The molecule has 1 aliphatic carbocycles. The van der Waals surface area contributed by atoms with Crippen molar-refractivity contribution in [3.8, 4) is 11.8 Å². The molecule has 0 amide bonds. The quantitative estimate of drug-likeness (QED) is 0.499. The first-order valence-electron chi connectivity index (χ1n) is 12.0. The molecule has 0 bridgehead atoms. The molecule has 0 unspecified atom stereocenters. The SMILES string of the molecule is Oc1c2c(c(O)n1CCCCCN1CCC(c3noc4cc(F)ccc34)CC1)CCCC2. The lowest BCUT2D eigenvalue weighted by Crippen LogP contribution is -2.33. The van der Waals surface area contributed by atoms with E-state index in [2.05, 4.69) is 10.1 Å². The van der Waals surface area contributed by atoms with Crippen LogP contribution in [0.3, 0.4) is 0 Å². The van der Waals surface area contributed by atoms with Gasteiger partial charge in [-0.3, -0.25) is 4.57 Å². The highest BCUT2D eigenvalue weighted by molar-refractivity contribution is 5.79. The topological polar surface area (TPSA) is 74.7 Å². The Bertz CT molecular complexity index is 1050. The summed E-state index contributed by atoms with van der Waals surface area (Å²) in [6.45, 7) is 3.81. The summed E-state index contributed by atoms with van der Waals surface area (Å²) in [5.41, 5.74) is 3.42. The lowest BCUT2D eigenvalue weighted by molar-refractivity contribution is 0.205. The van der Waals surface area contributed by atoms with Gasteiger partial charge in [0.1, 0.15) is 5.82 Å². The third kappa shape index (κ3) is 4.10. The van der Waals surface area contributed by atoms with E-state index in [0.717, 1.165) is 99.6 Å². The molecule has 0 radical (unpaired) electrons. The number of unbranched alkanes of at least 4 members (excludes halogenated alkanes) is 2. The Morgan fingerprint density at radius 2 is 1.66 bits per heavy atom. The second kappa shape index (κ2) is 9.14. The molecule has 2 aromatic heterocycles. The van der Waals surface area contributed by atoms with Crippen molar-refractivity contribution in [2.45, 2.75) is 70.3 Å². The molecule has 172 valence electrons. The van der Waals surface area contributed by atoms with Crippen molar-refractivity contribution in [1.29, 1.82) is 0 Å². The molecule has 1 saturated heterocycles. The standard InChI is InChI=1S/C25H32FN3O3/c26-18-8-9-21-22(16-18)32-27-23(21)17-10-14-28(15-11-17)12-4-1-5-13-29-24(30)19-6-2-3-7-20(19)25(29)31/h8-9,16-17,30-31H,1-7,10-15H2. The highest BCUT2D eigenvalue weighted by Crippen LogP contribution is 2.39. The number of rotatable bonds is 7. The Balaban J connectivity index is 1.06. The Kier molecular flexibility index (Phi) is 6.09. The molecule has 5 rings (SSSR count). The van der Waals surface area contributed by atoms with Gasteiger partial charge in [0, 0.05) is 35.0 Å². The third-order valence-corrected chi connectivity index (χ3v) is 7.31. The van der Waals surface area contributed by atoms with Crippen LogP contribution in [0.4, 0.5) is 4.39 Å². The Morgan fingerprint density at radius 1 is 0.969 bits per heavy atom. The van der Waals surface area contributed by atoms with Crippen LogP contribution < -0.4 is 0 Å². The maximum atomic E-state index is 13.4. The zero-order chi connectivity index (χ0) is 22.1. The predicted octanol–water partition coefficient (Wildman–Crippen LogP) is 5.11. The summed E-state index contributed by atoms with van der Waals surface area (Å²) in [6.07, 6.45) is 9.13. The fourth-order valence-electron chi connectivity index (χ4n) is 5.47. The number of piperidine rings is 1. The number of halogens is 1. The van der Waals surface area contributed by atoms with E-state index in [4.69, 9.17) is 4.52 Å². The summed E-state index contributed by atoms with van der Waals surface area (Å²) in [7, 11) is 0. The zero-order valence-corrected chi connectivity index (χ0v) is 18.5. The smallest absolute Gasteiger partial charge is 0.197 e. The average molecular weight is 442 g/mol. The van der Waals surface area contributed by atoms with Gasteiger partial charge in [-0.15, -0.1) is 0 Å². The molecule has 1 aromatic carbocycles. The summed E-state index contributed by atoms with van der Waals surface area (Å²) in [5.74, 6) is 0.630. The van der Waals surface area contributed by atoms with Crippen LogP contribution in [0.5, 0.6) is 11.8 Å². The zero-order valence-electron chi connectivity index (χ0n) is 18.5. The largest absolute Gasteiger partial charge is 0.494 e. The van der Waals surface area contributed by atoms with E-state index in [-0.39, 0.29) is 17.6 Å². The van der Waals surface area contributed by atoms with Gasteiger partial charge in [-0.05, 0) is 83.1 Å². The molecule has 7 heteroatoms. The summed E-state index contributed by atoms with van der Waals surface area (Å²) in [5, 5.41) is 26.1. The van der Waals surface area contributed by atoms with Gasteiger partial charge in [-0.25, -0.2) is 4.39 Å². The minimum atomic E-state index is -0.295. The number of aromatic hydroxyl groups is 2. The molecule has 2 aliphatic rings. The number of hydrogen-bond acceptors (Lipinski definition) is 5. The molecule has 0 saturated carbocycles. The van der Waals surface area contributed by atoms with Gasteiger partial charge in [0.05, 0.1) is 5.69 Å². The van der Waals surface area contributed by atoms with E-state index < -0.39 is 0 Å². The van der Waals surface area contributed by atoms with Crippen LogP contribution in [0.1, 0.15) is 67.7 Å². The first kappa shape index (κ1) is 21.3. The van der Waals surface area contributed by atoms with E-state index >= 15 is 0 Å². The highest BCUT2D eigenvalue weighted by atomic mass is 19.1. The molecular weight excluding hydrogens is 409 g/mol. The molecule has 32 heavy (non-hydrogen) atoms. The van der Waals surface area contributed by atoms with Crippen LogP contribution in [0.15, 0.2) is 22.7 Å². The van der Waals surface area contributed by atoms with Crippen molar-refractivity contribution in [2.24, 2.45) is 0 Å². The lowest BCUT2D eigenvalue weighted by atomic mass is 9.91. The molecule has 6 nitrogen and oxygen atoms in total. The molecule has 0 atom stereocenters. The number of likely N-dealkylation sites (tertiary alicyclic amines) is 1. The van der Waals surface area contributed by atoms with E-state index in [0.29, 0.717) is 18.0 Å². The van der Waals surface area contributed by atoms with Gasteiger partial charge in [-0.2, -0.15) is 0 Å². The van der Waals surface area contributed by atoms with E-state index in [1.165, 1.54) is 12.1 Å². The number of nitrogens with zero attached hydrogens (tertiary/aromatic N) is 3. The second-order valence-electron chi connectivity index (χ2n) is 9.35. The Hall–Kier alpha value is -2.54. The van der Waals surface area contributed by atoms with Crippen molar-refractivity contribution in [2.75, 3.05) is 19.6 Å². The van der Waals surface area contributed by atoms with Crippen molar-refractivity contribution in [3.05, 3.63) is 40.8 Å². The fourth-order valence-corrected chi connectivity index (χ4v) is 5.47. The van der Waals surface area contributed by atoms with Gasteiger partial charge in [0.2, 0.25) is 0 Å². The lowest BCUT2D eigenvalue weighted by Gasteiger charge is -2.31. The van der Waals surface area contributed by atoms with E-state index in [1.54, 1.807) is 10.6 Å². The van der Waals surface area contributed by atoms with Gasteiger partial charge in [-0.1, -0.05) is 11.6 Å². The monoisotopic (exact) mass is 441 g/mol. The van der Waals surface area contributed by atoms with Crippen LogP contribution in [-0.4, -0.2) is 44.5 Å². The van der Waals surface area contributed by atoms with E-state index in [1.807, 2.05) is 0 Å². The van der Waals surface area contributed by atoms with E-state index in [9.17, 15) is 14.6 Å². The molecule has 3 heterocycles. The van der Waals surface area contributed by atoms with Crippen molar-refractivity contribution < 1.29 is 19.1 Å². The minimum absolute atomic E-state index is 0.280. The summed E-state index contributed by atoms with van der Waals surface area (Å²) in [4.78, 5) is 2.50. The average Bonchev–Trinajstić information content (AvgIpc) is 3.33. The van der Waals surface area contributed by atoms with Crippen molar-refractivity contribution in [1.82, 2.24) is 14.6 Å². The van der Waals surface area contributed by atoms with Crippen molar-refractivity contribution >= 4 is 11.0 Å². The third-order valence-electron chi connectivity index (χ3n) is 7.31. The molecular formula is C25H32FN3O3.